The summed E-state index contributed by atoms with van der Waals surface area (Å²) in [6, 6.07) is 12.7. The zero-order valence-electron chi connectivity index (χ0n) is 14.8. The average Bonchev–Trinajstić information content (AvgIpc) is 2.98. The molecule has 5 nitrogen and oxygen atoms in total. The molecular weight excluding hydrogens is 350 g/mol. The number of nitrogens with zero attached hydrogens (tertiary/aromatic N) is 1. The first-order valence-electron chi connectivity index (χ1n) is 8.08. The van der Waals surface area contributed by atoms with Crippen LogP contribution in [0.5, 0.6) is 5.75 Å². The van der Waals surface area contributed by atoms with Gasteiger partial charge in [-0.3, -0.25) is 9.69 Å². The highest BCUT2D eigenvalue weighted by Crippen LogP contribution is 2.40. The molecule has 0 saturated carbocycles. The Labute approximate surface area is 155 Å². The van der Waals surface area contributed by atoms with Gasteiger partial charge in [0.15, 0.2) is 0 Å². The van der Waals surface area contributed by atoms with E-state index in [1.165, 1.54) is 31.4 Å². The van der Waals surface area contributed by atoms with Gasteiger partial charge < -0.3 is 9.84 Å². The van der Waals surface area contributed by atoms with Crippen LogP contribution in [-0.2, 0) is 16.1 Å². The van der Waals surface area contributed by atoms with Crippen LogP contribution >= 0.6 is 11.3 Å². The number of hydrogen-bond donors (Lipinski definition) is 1. The largest absolute Gasteiger partial charge is 0.508 e. The number of methoxy groups -OCH3 is 1. The second-order valence-electron chi connectivity index (χ2n) is 6.05. The fourth-order valence-electron chi connectivity index (χ4n) is 2.76. The summed E-state index contributed by atoms with van der Waals surface area (Å²) in [7, 11) is 1.31. The van der Waals surface area contributed by atoms with Gasteiger partial charge in [-0.1, -0.05) is 29.8 Å². The number of fused-ring (bicyclic) bond motifs is 1. The molecule has 0 aliphatic carbocycles. The Balaban J connectivity index is 2.13. The molecule has 1 amide bonds. The number of phenols is 1. The molecule has 0 bridgehead atoms. The van der Waals surface area contributed by atoms with Gasteiger partial charge in [-0.05, 0) is 30.7 Å². The third-order valence-electron chi connectivity index (χ3n) is 4.13. The highest BCUT2D eigenvalue weighted by atomic mass is 32.1. The highest BCUT2D eigenvalue weighted by molar-refractivity contribution is 7.23. The molecule has 134 valence electrons. The van der Waals surface area contributed by atoms with Gasteiger partial charge in [-0.15, -0.1) is 11.3 Å². The van der Waals surface area contributed by atoms with Crippen LogP contribution in [0.3, 0.4) is 0 Å². The topological polar surface area (TPSA) is 66.8 Å². The number of hydrogen-bond acceptors (Lipinski definition) is 5. The molecular formula is C20H19NO4S. The Morgan fingerprint density at radius 2 is 1.85 bits per heavy atom. The Morgan fingerprint density at radius 3 is 2.46 bits per heavy atom. The summed E-state index contributed by atoms with van der Waals surface area (Å²) in [5.41, 5.74) is 2.44. The van der Waals surface area contributed by atoms with Crippen molar-refractivity contribution >= 4 is 38.3 Å². The number of thiophene rings is 1. The van der Waals surface area contributed by atoms with Crippen LogP contribution in [-0.4, -0.2) is 24.1 Å². The lowest BCUT2D eigenvalue weighted by Crippen LogP contribution is -2.28. The molecule has 1 N–H and O–H groups in total. The van der Waals surface area contributed by atoms with Gasteiger partial charge in [0, 0.05) is 17.0 Å². The lowest BCUT2D eigenvalue weighted by atomic mass is 10.1. The van der Waals surface area contributed by atoms with E-state index in [0.717, 1.165) is 15.8 Å². The molecule has 2 aromatic carbocycles. The maximum atomic E-state index is 12.4. The number of carbonyl (C=O) groups is 2. The summed E-state index contributed by atoms with van der Waals surface area (Å²) < 4.78 is 5.65. The van der Waals surface area contributed by atoms with Crippen molar-refractivity contribution in [3.8, 4) is 5.75 Å². The van der Waals surface area contributed by atoms with E-state index >= 15 is 0 Å². The normalized spacial score (nSPS) is 10.7. The summed E-state index contributed by atoms with van der Waals surface area (Å²) in [5.74, 6) is -0.576. The summed E-state index contributed by atoms with van der Waals surface area (Å²) in [6.45, 7) is 3.82. The van der Waals surface area contributed by atoms with Crippen LogP contribution in [0.25, 0.3) is 10.1 Å². The number of carbonyl (C=O) groups excluding carboxylic acids is 2. The smallest absolute Gasteiger partial charge is 0.341 e. The molecule has 1 aromatic heterocycles. The number of ether oxygens (including phenoxy) is 1. The van der Waals surface area contributed by atoms with E-state index in [4.69, 9.17) is 4.74 Å². The Morgan fingerprint density at radius 1 is 1.15 bits per heavy atom. The standard InChI is InChI=1S/C20H19NO4S/c1-12-4-6-14(7-5-12)11-21(13(2)22)19-18(20(24)25-3)16-9-8-15(23)10-17(16)26-19/h4-10,23H,11H2,1-3H3. The first kappa shape index (κ1) is 17.9. The minimum absolute atomic E-state index is 0.106. The summed E-state index contributed by atoms with van der Waals surface area (Å²) in [6.07, 6.45) is 0. The molecule has 0 fully saturated rings. The molecule has 0 radical (unpaired) electrons. The van der Waals surface area contributed by atoms with Gasteiger partial charge in [-0.25, -0.2) is 4.79 Å². The zero-order chi connectivity index (χ0) is 18.8. The van der Waals surface area contributed by atoms with Gasteiger partial charge >= 0.3 is 5.97 Å². The number of benzene rings is 2. The predicted molar refractivity (Wildman–Crippen MR) is 103 cm³/mol. The fourth-order valence-corrected chi connectivity index (χ4v) is 4.03. The van der Waals surface area contributed by atoms with Crippen molar-refractivity contribution in [3.05, 3.63) is 59.2 Å². The third-order valence-corrected chi connectivity index (χ3v) is 5.31. The lowest BCUT2D eigenvalue weighted by molar-refractivity contribution is -0.116. The van der Waals surface area contributed by atoms with E-state index in [1.54, 1.807) is 17.0 Å². The fraction of sp³-hybridized carbons (Fsp3) is 0.200. The van der Waals surface area contributed by atoms with Gasteiger partial charge in [0.1, 0.15) is 16.3 Å². The Hall–Kier alpha value is -2.86. The minimum atomic E-state index is -0.507. The number of esters is 1. The van der Waals surface area contributed by atoms with Crippen LogP contribution in [0.1, 0.15) is 28.4 Å². The molecule has 6 heteroatoms. The molecule has 3 rings (SSSR count). The van der Waals surface area contributed by atoms with Crippen LogP contribution in [0.2, 0.25) is 0 Å². The molecule has 0 atom stereocenters. The second kappa shape index (κ2) is 7.17. The van der Waals surface area contributed by atoms with Gasteiger partial charge in [0.2, 0.25) is 5.91 Å². The second-order valence-corrected chi connectivity index (χ2v) is 7.08. The number of phenolic OH excluding ortho intramolecular Hbond substituents is 1. The van der Waals surface area contributed by atoms with Crippen LogP contribution in [0, 0.1) is 6.92 Å². The molecule has 0 aliphatic heterocycles. The zero-order valence-corrected chi connectivity index (χ0v) is 15.6. The van der Waals surface area contributed by atoms with Crippen molar-refractivity contribution in [3.63, 3.8) is 0 Å². The number of aryl methyl sites for hydroxylation is 1. The van der Waals surface area contributed by atoms with Gasteiger partial charge in [0.05, 0.1) is 13.7 Å². The lowest BCUT2D eigenvalue weighted by Gasteiger charge is -2.21. The van der Waals surface area contributed by atoms with E-state index < -0.39 is 5.97 Å². The minimum Gasteiger partial charge on any atom is -0.508 e. The van der Waals surface area contributed by atoms with E-state index in [1.807, 2.05) is 31.2 Å². The van der Waals surface area contributed by atoms with Crippen molar-refractivity contribution in [1.29, 1.82) is 0 Å². The van der Waals surface area contributed by atoms with Crippen LogP contribution < -0.4 is 4.90 Å². The summed E-state index contributed by atoms with van der Waals surface area (Å²) >= 11 is 1.28. The van der Waals surface area contributed by atoms with E-state index in [-0.39, 0.29) is 11.7 Å². The Kier molecular flexibility index (Phi) is 4.95. The van der Waals surface area contributed by atoms with Crippen LogP contribution in [0.4, 0.5) is 5.00 Å². The molecule has 0 saturated heterocycles. The van der Waals surface area contributed by atoms with E-state index in [0.29, 0.717) is 22.5 Å². The molecule has 0 unspecified atom stereocenters. The van der Waals surface area contributed by atoms with Crippen molar-refractivity contribution in [2.75, 3.05) is 12.0 Å². The van der Waals surface area contributed by atoms with E-state index in [2.05, 4.69) is 0 Å². The molecule has 0 spiro atoms. The maximum Gasteiger partial charge on any atom is 0.341 e. The van der Waals surface area contributed by atoms with Crippen molar-refractivity contribution < 1.29 is 19.4 Å². The van der Waals surface area contributed by atoms with Crippen molar-refractivity contribution in [1.82, 2.24) is 0 Å². The number of anilines is 1. The summed E-state index contributed by atoms with van der Waals surface area (Å²) in [4.78, 5) is 26.3. The SMILES string of the molecule is COC(=O)c1c(N(Cc2ccc(C)cc2)C(C)=O)sc2cc(O)ccc12. The van der Waals surface area contributed by atoms with E-state index in [9.17, 15) is 14.7 Å². The third kappa shape index (κ3) is 3.41. The molecule has 26 heavy (non-hydrogen) atoms. The summed E-state index contributed by atoms with van der Waals surface area (Å²) in [5, 5.41) is 10.9. The number of amides is 1. The molecule has 0 aliphatic rings. The first-order chi connectivity index (χ1) is 12.4. The average molecular weight is 369 g/mol. The Bertz CT molecular complexity index is 975. The molecule has 3 aromatic rings. The first-order valence-corrected chi connectivity index (χ1v) is 8.90. The van der Waals surface area contributed by atoms with Crippen LogP contribution in [0.15, 0.2) is 42.5 Å². The predicted octanol–water partition coefficient (Wildman–Crippen LogP) is 4.26. The number of aromatic hydroxyl groups is 1. The quantitative estimate of drug-likeness (QED) is 0.698. The van der Waals surface area contributed by atoms with Crippen molar-refractivity contribution in [2.24, 2.45) is 0 Å². The van der Waals surface area contributed by atoms with Gasteiger partial charge in [0.25, 0.3) is 0 Å². The number of rotatable bonds is 4. The van der Waals surface area contributed by atoms with Crippen molar-refractivity contribution in [2.45, 2.75) is 20.4 Å². The molecule has 1 heterocycles. The highest BCUT2D eigenvalue weighted by Gasteiger charge is 2.26. The monoisotopic (exact) mass is 369 g/mol. The van der Waals surface area contributed by atoms with Gasteiger partial charge in [-0.2, -0.15) is 0 Å². The maximum absolute atomic E-state index is 12.4.